The summed E-state index contributed by atoms with van der Waals surface area (Å²) in [7, 11) is 0. The number of epoxide rings is 1. The van der Waals surface area contributed by atoms with Crippen LogP contribution >= 0.6 is 0 Å². The van der Waals surface area contributed by atoms with Crippen molar-refractivity contribution in [2.45, 2.75) is 37.6 Å². The van der Waals surface area contributed by atoms with Crippen LogP contribution in [-0.2, 0) is 9.47 Å². The number of hydrogen-bond acceptors (Lipinski definition) is 3. The highest BCUT2D eigenvalue weighted by atomic mass is 16.6. The van der Waals surface area contributed by atoms with E-state index in [4.69, 9.17) is 14.7 Å². The molecular formula is C8H11NO2. The Morgan fingerprint density at radius 2 is 2.45 bits per heavy atom. The second-order valence-corrected chi connectivity index (χ2v) is 3.18. The van der Waals surface area contributed by atoms with Crippen LogP contribution in [0.15, 0.2) is 0 Å². The number of ether oxygens (including phenoxy) is 2. The van der Waals surface area contributed by atoms with Crippen LogP contribution in [0.5, 0.6) is 0 Å². The summed E-state index contributed by atoms with van der Waals surface area (Å²) in [6.07, 6.45) is 2.04. The topological polar surface area (TPSA) is 45.5 Å². The summed E-state index contributed by atoms with van der Waals surface area (Å²) >= 11 is 0. The molecule has 2 rings (SSSR count). The van der Waals surface area contributed by atoms with Crippen molar-refractivity contribution >= 4 is 0 Å². The highest BCUT2D eigenvalue weighted by molar-refractivity contribution is 5.20. The monoisotopic (exact) mass is 153 g/mol. The van der Waals surface area contributed by atoms with Crippen molar-refractivity contribution in [2.75, 3.05) is 6.61 Å². The van der Waals surface area contributed by atoms with E-state index >= 15 is 0 Å². The van der Waals surface area contributed by atoms with Gasteiger partial charge in [0.1, 0.15) is 5.60 Å². The van der Waals surface area contributed by atoms with Crippen LogP contribution < -0.4 is 0 Å². The van der Waals surface area contributed by atoms with E-state index in [2.05, 4.69) is 6.07 Å². The van der Waals surface area contributed by atoms with Gasteiger partial charge in [-0.05, 0) is 6.92 Å². The maximum Gasteiger partial charge on any atom is 0.173 e. The maximum atomic E-state index is 8.51. The fourth-order valence-electron chi connectivity index (χ4n) is 1.72. The van der Waals surface area contributed by atoms with Crippen molar-refractivity contribution in [3.63, 3.8) is 0 Å². The zero-order valence-electron chi connectivity index (χ0n) is 6.54. The molecule has 0 N–H and O–H groups in total. The highest BCUT2D eigenvalue weighted by Crippen LogP contribution is 2.53. The van der Waals surface area contributed by atoms with Gasteiger partial charge in [-0.3, -0.25) is 0 Å². The molecule has 0 aromatic heterocycles. The first-order valence-corrected chi connectivity index (χ1v) is 4.00. The molecule has 1 heterocycles. The number of nitrogens with zero attached hydrogens (tertiary/aromatic N) is 1. The molecule has 11 heavy (non-hydrogen) atoms. The van der Waals surface area contributed by atoms with E-state index < -0.39 is 0 Å². The minimum atomic E-state index is -0.140. The zero-order valence-corrected chi connectivity index (χ0v) is 6.54. The van der Waals surface area contributed by atoms with Gasteiger partial charge in [-0.15, -0.1) is 0 Å². The molecule has 0 aromatic carbocycles. The number of rotatable bonds is 2. The molecule has 1 saturated carbocycles. The first-order valence-electron chi connectivity index (χ1n) is 4.00. The predicted octanol–water partition coefficient (Wildman–Crippen LogP) is 0.846. The van der Waals surface area contributed by atoms with Crippen molar-refractivity contribution in [3.05, 3.63) is 0 Å². The lowest BCUT2D eigenvalue weighted by Crippen LogP contribution is -2.40. The Kier molecular flexibility index (Phi) is 1.41. The van der Waals surface area contributed by atoms with E-state index in [9.17, 15) is 0 Å². The Labute approximate surface area is 65.9 Å². The normalized spacial score (nSPS) is 46.5. The third-order valence-electron chi connectivity index (χ3n) is 2.44. The molecule has 1 aliphatic heterocycles. The van der Waals surface area contributed by atoms with Gasteiger partial charge in [0.15, 0.2) is 6.10 Å². The standard InChI is InChI=1S/C8H11NO2/c1-2-10-6-3-8(4-6)7(5-9)11-8/h6-7H,2-4H2,1H3. The summed E-state index contributed by atoms with van der Waals surface area (Å²) in [5.41, 5.74) is -0.0748. The van der Waals surface area contributed by atoms with Crippen LogP contribution in [0.4, 0.5) is 0 Å². The molecular weight excluding hydrogens is 142 g/mol. The Morgan fingerprint density at radius 3 is 2.91 bits per heavy atom. The second kappa shape index (κ2) is 2.20. The molecule has 1 atom stereocenters. The minimum absolute atomic E-state index is 0.0748. The van der Waals surface area contributed by atoms with Crippen LogP contribution in [0, 0.1) is 11.3 Å². The largest absolute Gasteiger partial charge is 0.378 e. The Morgan fingerprint density at radius 1 is 1.73 bits per heavy atom. The van der Waals surface area contributed by atoms with Gasteiger partial charge >= 0.3 is 0 Å². The van der Waals surface area contributed by atoms with E-state index in [1.165, 1.54) is 0 Å². The molecule has 1 spiro atoms. The summed E-state index contributed by atoms with van der Waals surface area (Å²) in [4.78, 5) is 0. The molecule has 0 bridgehead atoms. The Balaban J connectivity index is 1.78. The van der Waals surface area contributed by atoms with Gasteiger partial charge in [-0.25, -0.2) is 0 Å². The van der Waals surface area contributed by atoms with Crippen molar-refractivity contribution in [1.29, 1.82) is 5.26 Å². The van der Waals surface area contributed by atoms with Gasteiger partial charge in [-0.2, -0.15) is 5.26 Å². The molecule has 0 radical (unpaired) electrons. The predicted molar refractivity (Wildman–Crippen MR) is 37.9 cm³/mol. The third-order valence-corrected chi connectivity index (χ3v) is 2.44. The molecule has 0 aromatic rings. The van der Waals surface area contributed by atoms with E-state index in [0.717, 1.165) is 19.4 Å². The lowest BCUT2D eigenvalue weighted by atomic mass is 9.79. The van der Waals surface area contributed by atoms with Crippen molar-refractivity contribution in [3.8, 4) is 6.07 Å². The minimum Gasteiger partial charge on any atom is -0.378 e. The van der Waals surface area contributed by atoms with Gasteiger partial charge in [0.2, 0.25) is 0 Å². The average molecular weight is 153 g/mol. The van der Waals surface area contributed by atoms with Crippen LogP contribution in [0.2, 0.25) is 0 Å². The third kappa shape index (κ3) is 0.943. The summed E-state index contributed by atoms with van der Waals surface area (Å²) in [6, 6.07) is 2.12. The van der Waals surface area contributed by atoms with Crippen LogP contribution in [0.1, 0.15) is 19.8 Å². The van der Waals surface area contributed by atoms with Crippen molar-refractivity contribution < 1.29 is 9.47 Å². The molecule has 0 amide bonds. The van der Waals surface area contributed by atoms with Gasteiger partial charge in [0.05, 0.1) is 12.2 Å². The second-order valence-electron chi connectivity index (χ2n) is 3.18. The molecule has 3 nitrogen and oxygen atoms in total. The van der Waals surface area contributed by atoms with Crippen LogP contribution in [0.25, 0.3) is 0 Å². The molecule has 60 valence electrons. The quantitative estimate of drug-likeness (QED) is 0.552. The first kappa shape index (κ1) is 7.08. The van der Waals surface area contributed by atoms with Gasteiger partial charge < -0.3 is 9.47 Å². The van der Waals surface area contributed by atoms with Gasteiger partial charge in [0, 0.05) is 19.4 Å². The summed E-state index contributed by atoms with van der Waals surface area (Å²) in [5.74, 6) is 0. The maximum absolute atomic E-state index is 8.51. The Hall–Kier alpha value is -0.590. The smallest absolute Gasteiger partial charge is 0.173 e. The summed E-state index contributed by atoms with van der Waals surface area (Å²) in [6.45, 7) is 2.75. The lowest BCUT2D eigenvalue weighted by molar-refractivity contribution is -0.0379. The lowest BCUT2D eigenvalue weighted by Gasteiger charge is -2.32. The summed E-state index contributed by atoms with van der Waals surface area (Å²) < 4.78 is 10.6. The molecule has 2 fully saturated rings. The molecule has 1 saturated heterocycles. The fourth-order valence-corrected chi connectivity index (χ4v) is 1.72. The van der Waals surface area contributed by atoms with Crippen LogP contribution in [-0.4, -0.2) is 24.4 Å². The summed E-state index contributed by atoms with van der Waals surface area (Å²) in [5, 5.41) is 8.51. The van der Waals surface area contributed by atoms with Gasteiger partial charge in [-0.1, -0.05) is 0 Å². The van der Waals surface area contributed by atoms with E-state index in [-0.39, 0.29) is 11.7 Å². The first-order chi connectivity index (χ1) is 5.30. The highest BCUT2D eigenvalue weighted by Gasteiger charge is 2.65. The molecule has 1 aliphatic carbocycles. The van der Waals surface area contributed by atoms with Crippen molar-refractivity contribution in [1.82, 2.24) is 0 Å². The number of nitriles is 1. The number of hydrogen-bond donors (Lipinski definition) is 0. The fraction of sp³-hybridized carbons (Fsp3) is 0.875. The van der Waals surface area contributed by atoms with E-state index in [1.807, 2.05) is 6.92 Å². The zero-order chi connectivity index (χ0) is 7.90. The van der Waals surface area contributed by atoms with E-state index in [0.29, 0.717) is 6.10 Å². The van der Waals surface area contributed by atoms with Crippen LogP contribution in [0.3, 0.4) is 0 Å². The Bertz CT molecular complexity index is 203. The average Bonchev–Trinajstić information content (AvgIpc) is 2.62. The van der Waals surface area contributed by atoms with Crippen molar-refractivity contribution in [2.24, 2.45) is 0 Å². The van der Waals surface area contributed by atoms with E-state index in [1.54, 1.807) is 0 Å². The SMILES string of the molecule is CCOC1CC2(C1)OC2C#N. The molecule has 2 aliphatic rings. The molecule has 1 unspecified atom stereocenters. The molecule has 3 heteroatoms. The van der Waals surface area contributed by atoms with Gasteiger partial charge in [0.25, 0.3) is 0 Å².